The summed E-state index contributed by atoms with van der Waals surface area (Å²) in [5.74, 6) is 0. The van der Waals surface area contributed by atoms with Gasteiger partial charge in [-0.1, -0.05) is 207 Å². The Kier molecular flexibility index (Phi) is 11.3. The topological polar surface area (TPSA) is 0 Å². The number of rotatable bonds is 2. The maximum Gasteiger partial charge on any atom is 0.160 e. The van der Waals surface area contributed by atoms with Gasteiger partial charge in [0.05, 0.1) is 5.41 Å². The van der Waals surface area contributed by atoms with Gasteiger partial charge in [-0.25, -0.2) is 0 Å². The van der Waals surface area contributed by atoms with Gasteiger partial charge in [-0.3, -0.25) is 0 Å². The largest absolute Gasteiger partial charge is 0.160 e. The van der Waals surface area contributed by atoms with E-state index in [4.69, 9.17) is 0 Å². The molecule has 0 aromatic rings. The second kappa shape index (κ2) is 8.50. The maximum atomic E-state index is 3.71. The van der Waals surface area contributed by atoms with E-state index in [0.29, 0.717) is 0 Å². The minimum atomic E-state index is -0.802. The fourth-order valence-corrected chi connectivity index (χ4v) is 19.9. The van der Waals surface area contributed by atoms with E-state index >= 15 is 0 Å². The second-order valence-corrected chi connectivity index (χ2v) is 29.5. The summed E-state index contributed by atoms with van der Waals surface area (Å²) in [6.45, 7) is 0. The van der Waals surface area contributed by atoms with E-state index in [1.807, 2.05) is 0 Å². The summed E-state index contributed by atoms with van der Waals surface area (Å²) in [6.07, 6.45) is 0. The van der Waals surface area contributed by atoms with Crippen molar-refractivity contribution < 1.29 is 0 Å². The number of halogens is 13. The zero-order valence-electron chi connectivity index (χ0n) is 7.91. The van der Waals surface area contributed by atoms with Crippen LogP contribution in [0.25, 0.3) is 0 Å². The van der Waals surface area contributed by atoms with Gasteiger partial charge in [-0.05, 0) is 0 Å². The summed E-state index contributed by atoms with van der Waals surface area (Å²) in [7, 11) is 0. The third kappa shape index (κ3) is 5.15. The molecule has 0 aliphatic heterocycles. The van der Waals surface area contributed by atoms with Crippen molar-refractivity contribution in [3.05, 3.63) is 3.74 Å². The summed E-state index contributed by atoms with van der Waals surface area (Å²) < 4.78 is -2.30. The summed E-state index contributed by atoms with van der Waals surface area (Å²) in [4.78, 5) is 0. The fraction of sp³-hybridized carbons (Fsp3) is 0.833. The second-order valence-electron chi connectivity index (χ2n) is 3.08. The Morgan fingerprint density at radius 3 is 0.789 bits per heavy atom. The SMILES string of the molecule is Br[C](Br)C(C(Br)(Br)Br)(C(Br)(Br)Br)C(Br)(Br)C(Br)(Br)Br. The van der Waals surface area contributed by atoms with Crippen molar-refractivity contribution in [3.63, 3.8) is 0 Å². The van der Waals surface area contributed by atoms with E-state index in [1.165, 1.54) is 0 Å². The van der Waals surface area contributed by atoms with Crippen LogP contribution in [0.3, 0.4) is 0 Å². The molecule has 1 radical (unpaired) electrons. The van der Waals surface area contributed by atoms with Gasteiger partial charge in [0.1, 0.15) is 11.3 Å². The molecule has 0 atom stereocenters. The van der Waals surface area contributed by atoms with Gasteiger partial charge in [0, 0.05) is 0 Å². The zero-order valence-corrected chi connectivity index (χ0v) is 28.5. The van der Waals surface area contributed by atoms with Crippen LogP contribution in [0, 0.1) is 9.15 Å². The van der Waals surface area contributed by atoms with Crippen molar-refractivity contribution in [2.75, 3.05) is 0 Å². The van der Waals surface area contributed by atoms with Gasteiger partial charge < -0.3 is 0 Å². The van der Waals surface area contributed by atoms with Crippen LogP contribution in [0.1, 0.15) is 0 Å². The molecule has 115 valence electrons. The van der Waals surface area contributed by atoms with Crippen LogP contribution in [-0.4, -0.2) is 9.66 Å². The lowest BCUT2D eigenvalue weighted by atomic mass is 9.92. The van der Waals surface area contributed by atoms with Crippen molar-refractivity contribution >= 4 is 207 Å². The lowest BCUT2D eigenvalue weighted by molar-refractivity contribution is 0.406. The first-order valence-electron chi connectivity index (χ1n) is 3.71. The average molecular weight is 1110 g/mol. The third-order valence-electron chi connectivity index (χ3n) is 1.96. The smallest absolute Gasteiger partial charge is 0.0692 e. The highest BCUT2D eigenvalue weighted by atomic mass is 80.0. The van der Waals surface area contributed by atoms with E-state index in [9.17, 15) is 0 Å². The highest BCUT2D eigenvalue weighted by molar-refractivity contribution is 9.42. The molecular weight excluding hydrogens is 1110 g/mol. The summed E-state index contributed by atoms with van der Waals surface area (Å²) in [5, 5.41) is 0. The third-order valence-corrected chi connectivity index (χ3v) is 14.1. The van der Waals surface area contributed by atoms with E-state index in [-0.39, 0.29) is 0 Å². The molecule has 0 rings (SSSR count). The summed E-state index contributed by atoms with van der Waals surface area (Å²) in [6, 6.07) is 0. The lowest BCUT2D eigenvalue weighted by Crippen LogP contribution is -2.61. The molecule has 0 saturated heterocycles. The van der Waals surface area contributed by atoms with E-state index in [0.717, 1.165) is 3.74 Å². The maximum absolute atomic E-state index is 3.71. The van der Waals surface area contributed by atoms with Gasteiger partial charge >= 0.3 is 0 Å². The molecule has 0 aromatic carbocycles. The summed E-state index contributed by atoms with van der Waals surface area (Å²) >= 11 is 46.8. The van der Waals surface area contributed by atoms with Crippen molar-refractivity contribution in [1.82, 2.24) is 0 Å². The van der Waals surface area contributed by atoms with Gasteiger partial charge in [-0.2, -0.15) is 0 Å². The van der Waals surface area contributed by atoms with Crippen LogP contribution in [-0.2, 0) is 0 Å². The Hall–Kier alpha value is 6.24. The van der Waals surface area contributed by atoms with Crippen LogP contribution >= 0.6 is 207 Å². The zero-order chi connectivity index (χ0) is 16.1. The molecule has 0 aromatic heterocycles. The molecule has 13 heteroatoms. The molecule has 0 heterocycles. The highest BCUT2D eigenvalue weighted by Gasteiger charge is 2.75. The van der Waals surface area contributed by atoms with Crippen LogP contribution < -0.4 is 0 Å². The highest BCUT2D eigenvalue weighted by Crippen LogP contribution is 2.80. The molecular formula is C6Br13. The van der Waals surface area contributed by atoms with Crippen molar-refractivity contribution in [1.29, 1.82) is 0 Å². The van der Waals surface area contributed by atoms with E-state index < -0.39 is 15.1 Å². The Balaban J connectivity index is 6.54. The first-order chi connectivity index (χ1) is 7.94. The normalized spacial score (nSPS) is 16.1. The molecule has 0 N–H and O–H groups in total. The standard InChI is InChI=1S/C6Br13/c7-1(8)2(4(11,12)13,5(14,15)16)3(9,10)6(17,18)19. The molecule has 0 fully saturated rings. The van der Waals surface area contributed by atoms with Crippen molar-refractivity contribution in [3.8, 4) is 0 Å². The predicted molar refractivity (Wildman–Crippen MR) is 133 cm³/mol. The minimum absolute atomic E-state index is 0.714. The van der Waals surface area contributed by atoms with E-state index in [2.05, 4.69) is 207 Å². The molecule has 0 unspecified atom stereocenters. The minimum Gasteiger partial charge on any atom is -0.0692 e. The van der Waals surface area contributed by atoms with Crippen LogP contribution in [0.15, 0.2) is 0 Å². The van der Waals surface area contributed by atoms with Crippen molar-refractivity contribution in [2.45, 2.75) is 9.66 Å². The molecule has 0 spiro atoms. The fourth-order valence-electron chi connectivity index (χ4n) is 1.06. The first-order valence-corrected chi connectivity index (χ1v) is 14.0. The van der Waals surface area contributed by atoms with Gasteiger partial charge in [0.2, 0.25) is 0 Å². The van der Waals surface area contributed by atoms with Crippen LogP contribution in [0.4, 0.5) is 0 Å². The molecule has 0 aliphatic rings. The van der Waals surface area contributed by atoms with Gasteiger partial charge in [0.25, 0.3) is 0 Å². The Morgan fingerprint density at radius 1 is 0.474 bits per heavy atom. The van der Waals surface area contributed by atoms with Crippen LogP contribution in [0.5, 0.6) is 0 Å². The molecule has 0 amide bonds. The van der Waals surface area contributed by atoms with Gasteiger partial charge in [0.15, 0.2) is 2.14 Å². The van der Waals surface area contributed by atoms with E-state index in [1.54, 1.807) is 0 Å². The number of hydrogen-bond donors (Lipinski definition) is 0. The molecule has 0 nitrogen and oxygen atoms in total. The predicted octanol–water partition coefficient (Wildman–Crippen LogP) is 10.3. The Bertz CT molecular complexity index is 299. The average Bonchev–Trinajstić information content (AvgIpc) is 1.92. The monoisotopic (exact) mass is 1100 g/mol. The molecule has 19 heavy (non-hydrogen) atoms. The summed E-state index contributed by atoms with van der Waals surface area (Å²) in [5.41, 5.74) is -0.802. The van der Waals surface area contributed by atoms with Gasteiger partial charge in [-0.15, -0.1) is 0 Å². The van der Waals surface area contributed by atoms with Crippen LogP contribution in [0.2, 0.25) is 0 Å². The lowest BCUT2D eigenvalue weighted by Gasteiger charge is -2.56. The van der Waals surface area contributed by atoms with Crippen molar-refractivity contribution in [2.24, 2.45) is 5.41 Å². The Labute approximate surface area is 221 Å². The Morgan fingerprint density at radius 2 is 0.737 bits per heavy atom. The quantitative estimate of drug-likeness (QED) is 0.242. The number of hydrogen-bond acceptors (Lipinski definition) is 0. The number of alkyl halides is 11. The molecule has 0 aliphatic carbocycles. The molecule has 0 saturated carbocycles. The molecule has 0 bridgehead atoms. The first kappa shape index (κ1) is 25.2.